The van der Waals surface area contributed by atoms with Gasteiger partial charge < -0.3 is 10.4 Å². The minimum absolute atomic E-state index is 0.139. The van der Waals surface area contributed by atoms with Crippen LogP contribution in [-0.4, -0.2) is 42.9 Å². The zero-order valence-electron chi connectivity index (χ0n) is 12.9. The van der Waals surface area contributed by atoms with Gasteiger partial charge in [-0.05, 0) is 31.7 Å². The van der Waals surface area contributed by atoms with Crippen molar-refractivity contribution < 1.29 is 9.90 Å². The third kappa shape index (κ3) is 2.72. The molecule has 2 saturated carbocycles. The van der Waals surface area contributed by atoms with Crippen molar-refractivity contribution in [3.8, 4) is 0 Å². The Hall–Kier alpha value is -2.28. The van der Waals surface area contributed by atoms with Gasteiger partial charge in [0.15, 0.2) is 0 Å². The first kappa shape index (κ1) is 14.3. The molecule has 0 radical (unpaired) electrons. The van der Waals surface area contributed by atoms with E-state index in [2.05, 4.69) is 20.4 Å². The van der Waals surface area contributed by atoms with Crippen LogP contribution in [0.25, 0.3) is 0 Å². The maximum atomic E-state index is 12.3. The number of nitrogens with one attached hydrogen (secondary N) is 1. The molecule has 1 amide bonds. The van der Waals surface area contributed by atoms with E-state index in [4.69, 9.17) is 0 Å². The van der Waals surface area contributed by atoms with Gasteiger partial charge >= 0.3 is 0 Å². The summed E-state index contributed by atoms with van der Waals surface area (Å²) in [5.41, 5.74) is 1.48. The molecule has 2 N–H and O–H groups in total. The van der Waals surface area contributed by atoms with Gasteiger partial charge in [0.05, 0.1) is 29.9 Å². The fraction of sp³-hybridized carbons (Fsp3) is 0.500. The molecule has 0 aromatic carbocycles. The molecule has 2 aliphatic carbocycles. The van der Waals surface area contributed by atoms with Gasteiger partial charge in [0.2, 0.25) is 0 Å². The highest BCUT2D eigenvalue weighted by molar-refractivity contribution is 5.93. The number of carbonyl (C=O) groups excluding carboxylic acids is 1. The van der Waals surface area contributed by atoms with Crippen LogP contribution < -0.4 is 5.32 Å². The molecule has 7 heteroatoms. The van der Waals surface area contributed by atoms with Gasteiger partial charge in [-0.1, -0.05) is 0 Å². The van der Waals surface area contributed by atoms with E-state index in [1.54, 1.807) is 23.3 Å². The Morgan fingerprint density at radius 2 is 2.04 bits per heavy atom. The summed E-state index contributed by atoms with van der Waals surface area (Å²) in [5, 5.41) is 17.2. The molecule has 3 atom stereocenters. The molecule has 2 aromatic heterocycles. The third-order valence-corrected chi connectivity index (χ3v) is 4.53. The first-order valence-electron chi connectivity index (χ1n) is 7.93. The van der Waals surface area contributed by atoms with Crippen LogP contribution in [0.3, 0.4) is 0 Å². The quantitative estimate of drug-likeness (QED) is 0.877. The van der Waals surface area contributed by atoms with Gasteiger partial charge in [0, 0.05) is 24.5 Å². The molecule has 120 valence electrons. The lowest BCUT2D eigenvalue weighted by molar-refractivity contribution is -0.00591. The predicted molar refractivity (Wildman–Crippen MR) is 81.9 cm³/mol. The second kappa shape index (κ2) is 5.42. The van der Waals surface area contributed by atoms with Crippen LogP contribution in [0.2, 0.25) is 0 Å². The molecule has 0 unspecified atom stereocenters. The molecule has 0 spiro atoms. The van der Waals surface area contributed by atoms with Crippen molar-refractivity contribution in [3.05, 3.63) is 41.7 Å². The van der Waals surface area contributed by atoms with Gasteiger partial charge in [-0.15, -0.1) is 0 Å². The molecule has 4 rings (SSSR count). The maximum Gasteiger partial charge on any atom is 0.254 e. The Morgan fingerprint density at radius 3 is 2.61 bits per heavy atom. The van der Waals surface area contributed by atoms with Gasteiger partial charge in [0.25, 0.3) is 5.91 Å². The first-order valence-corrected chi connectivity index (χ1v) is 7.93. The minimum Gasteiger partial charge on any atom is -0.391 e. The van der Waals surface area contributed by atoms with E-state index in [0.717, 1.165) is 24.2 Å². The lowest BCUT2D eigenvalue weighted by Gasteiger charge is -2.41. The van der Waals surface area contributed by atoms with Crippen LogP contribution in [0.15, 0.2) is 24.8 Å². The van der Waals surface area contributed by atoms with Gasteiger partial charge in [-0.25, -0.2) is 9.97 Å². The van der Waals surface area contributed by atoms with Crippen molar-refractivity contribution in [3.63, 3.8) is 0 Å². The van der Waals surface area contributed by atoms with Crippen LogP contribution in [0.5, 0.6) is 0 Å². The Morgan fingerprint density at radius 1 is 1.30 bits per heavy atom. The monoisotopic (exact) mass is 313 g/mol. The summed E-state index contributed by atoms with van der Waals surface area (Å²) in [4.78, 5) is 20.9. The molecule has 2 heterocycles. The van der Waals surface area contributed by atoms with E-state index < -0.39 is 6.10 Å². The first-order chi connectivity index (χ1) is 11.1. The average molecular weight is 313 g/mol. The van der Waals surface area contributed by atoms with E-state index >= 15 is 0 Å². The smallest absolute Gasteiger partial charge is 0.254 e. The summed E-state index contributed by atoms with van der Waals surface area (Å²) < 4.78 is 1.72. The fourth-order valence-corrected chi connectivity index (χ4v) is 2.97. The van der Waals surface area contributed by atoms with Crippen LogP contribution in [0, 0.1) is 6.92 Å². The van der Waals surface area contributed by atoms with Gasteiger partial charge in [0.1, 0.15) is 5.82 Å². The van der Waals surface area contributed by atoms with Crippen LogP contribution in [-0.2, 0) is 0 Å². The highest BCUT2D eigenvalue weighted by atomic mass is 16.3. The largest absolute Gasteiger partial charge is 0.391 e. The highest BCUT2D eigenvalue weighted by Crippen LogP contribution is 2.37. The van der Waals surface area contributed by atoms with Gasteiger partial charge in [-0.2, -0.15) is 5.10 Å². The minimum atomic E-state index is -0.493. The van der Waals surface area contributed by atoms with Crippen LogP contribution >= 0.6 is 0 Å². The summed E-state index contributed by atoms with van der Waals surface area (Å²) in [5.74, 6) is 1.09. The molecular weight excluding hydrogens is 294 g/mol. The van der Waals surface area contributed by atoms with Crippen LogP contribution in [0.1, 0.15) is 53.0 Å². The number of amides is 1. The summed E-state index contributed by atoms with van der Waals surface area (Å²) in [6.07, 6.45) is 9.08. The normalized spacial score (nSPS) is 26.6. The van der Waals surface area contributed by atoms with Gasteiger partial charge in [-0.3, -0.25) is 9.48 Å². The second-order valence-electron chi connectivity index (χ2n) is 6.48. The Labute approximate surface area is 133 Å². The zero-order chi connectivity index (χ0) is 16.0. The number of aromatic nitrogens is 4. The lowest BCUT2D eigenvalue weighted by atomic mass is 9.83. The van der Waals surface area contributed by atoms with Crippen molar-refractivity contribution in [1.82, 2.24) is 25.1 Å². The Bertz CT molecular complexity index is 722. The van der Waals surface area contributed by atoms with Crippen molar-refractivity contribution in [2.75, 3.05) is 0 Å². The van der Waals surface area contributed by atoms with Crippen molar-refractivity contribution in [2.45, 2.75) is 50.3 Å². The summed E-state index contributed by atoms with van der Waals surface area (Å²) in [6, 6.07) is -0.362. The van der Waals surface area contributed by atoms with Crippen molar-refractivity contribution in [2.24, 2.45) is 0 Å². The average Bonchev–Trinajstić information content (AvgIpc) is 3.30. The molecule has 2 aliphatic rings. The number of hydrogen-bond acceptors (Lipinski definition) is 5. The third-order valence-electron chi connectivity index (χ3n) is 4.53. The number of rotatable bonds is 4. The van der Waals surface area contributed by atoms with E-state index in [0.29, 0.717) is 17.9 Å². The summed E-state index contributed by atoms with van der Waals surface area (Å²) >= 11 is 0. The van der Waals surface area contributed by atoms with Crippen molar-refractivity contribution in [1.29, 1.82) is 0 Å². The number of aryl methyl sites for hydroxylation is 1. The fourth-order valence-electron chi connectivity index (χ4n) is 2.97. The molecule has 7 nitrogen and oxygen atoms in total. The molecular formula is C16H19N5O2. The van der Waals surface area contributed by atoms with E-state index in [1.807, 2.05) is 13.1 Å². The standard InChI is InChI=1S/C16H19N5O2/c1-9-5-19-21(8-9)14-12(4-13(14)22)20-16(23)11-6-17-15(18-7-11)10-2-3-10/h5-8,10,12-14,22H,2-4H2,1H3,(H,20,23)/t12-,13+,14+/m0/s1. The van der Waals surface area contributed by atoms with E-state index in [9.17, 15) is 9.90 Å². The molecule has 0 saturated heterocycles. The van der Waals surface area contributed by atoms with Crippen LogP contribution in [0.4, 0.5) is 0 Å². The number of carbonyl (C=O) groups is 1. The summed E-state index contributed by atoms with van der Waals surface area (Å²) in [6.45, 7) is 1.95. The van der Waals surface area contributed by atoms with E-state index in [1.165, 1.54) is 0 Å². The molecule has 0 aliphatic heterocycles. The van der Waals surface area contributed by atoms with E-state index in [-0.39, 0.29) is 18.0 Å². The Kier molecular flexibility index (Phi) is 3.37. The predicted octanol–water partition coefficient (Wildman–Crippen LogP) is 0.963. The topological polar surface area (TPSA) is 92.9 Å². The lowest BCUT2D eigenvalue weighted by Crippen LogP contribution is -2.56. The zero-order valence-corrected chi connectivity index (χ0v) is 12.9. The SMILES string of the molecule is Cc1cnn([C@H]2[C@H](O)C[C@@H]2NC(=O)c2cnc(C3CC3)nc2)c1. The molecule has 2 fully saturated rings. The number of nitrogens with zero attached hydrogens (tertiary/aromatic N) is 4. The maximum absolute atomic E-state index is 12.3. The number of aliphatic hydroxyl groups is 1. The number of hydrogen-bond donors (Lipinski definition) is 2. The number of aliphatic hydroxyl groups excluding tert-OH is 1. The second-order valence-corrected chi connectivity index (χ2v) is 6.48. The molecule has 0 bridgehead atoms. The summed E-state index contributed by atoms with van der Waals surface area (Å²) in [7, 11) is 0. The highest BCUT2D eigenvalue weighted by Gasteiger charge is 2.42. The Balaban J connectivity index is 1.43. The molecule has 23 heavy (non-hydrogen) atoms. The van der Waals surface area contributed by atoms with Crippen molar-refractivity contribution >= 4 is 5.91 Å². The molecule has 2 aromatic rings.